The van der Waals surface area contributed by atoms with Crippen LogP contribution in [0.3, 0.4) is 0 Å². The number of hydrogen-bond donors (Lipinski definition) is 0. The van der Waals surface area contributed by atoms with Crippen LogP contribution >= 0.6 is 0 Å². The van der Waals surface area contributed by atoms with Crippen LogP contribution in [0.25, 0.3) is 0 Å². The van der Waals surface area contributed by atoms with Gasteiger partial charge in [-0.2, -0.15) is 35.1 Å². The molecule has 218 valence electrons. The fourth-order valence-electron chi connectivity index (χ4n) is 6.21. The van der Waals surface area contributed by atoms with Crippen molar-refractivity contribution in [3.8, 4) is 0 Å². The maximum Gasteiger partial charge on any atom is 0.335 e. The Morgan fingerprint density at radius 3 is 1.61 bits per heavy atom. The smallest absolute Gasteiger partial charge is 0.207 e. The van der Waals surface area contributed by atoms with Crippen molar-refractivity contribution in [1.29, 1.82) is 0 Å². The van der Waals surface area contributed by atoms with Crippen molar-refractivity contribution in [2.75, 3.05) is 0 Å². The van der Waals surface area contributed by atoms with E-state index in [1.54, 1.807) is 6.92 Å². The largest absolute Gasteiger partial charge is 0.335 e. The van der Waals surface area contributed by atoms with E-state index in [0.717, 1.165) is 18.6 Å². The predicted octanol–water partition coefficient (Wildman–Crippen LogP) is 10.3. The third kappa shape index (κ3) is 5.70. The van der Waals surface area contributed by atoms with Gasteiger partial charge in [0.05, 0.1) is 0 Å². The third-order valence-electron chi connectivity index (χ3n) is 8.60. The normalized spacial score (nSPS) is 27.4. The Balaban J connectivity index is 1.69. The Hall–Kier alpha value is -1.48. The summed E-state index contributed by atoms with van der Waals surface area (Å²) in [5, 5.41) is 0. The van der Waals surface area contributed by atoms with E-state index in [0.29, 0.717) is 18.4 Å². The number of rotatable bonds is 10. The van der Waals surface area contributed by atoms with Gasteiger partial charge in [-0.05, 0) is 56.9 Å². The molecule has 0 N–H and O–H groups in total. The molecule has 0 aromatic heterocycles. The van der Waals surface area contributed by atoms with Crippen molar-refractivity contribution in [3.63, 3.8) is 0 Å². The molecule has 0 bridgehead atoms. The molecule has 3 rings (SSSR count). The van der Waals surface area contributed by atoms with Crippen LogP contribution in [-0.2, 0) is 12.3 Å². The van der Waals surface area contributed by atoms with Crippen molar-refractivity contribution in [1.82, 2.24) is 0 Å². The van der Waals surface area contributed by atoms with Gasteiger partial charge in [-0.25, -0.2) is 8.78 Å². The first-order valence-corrected chi connectivity index (χ1v) is 13.5. The summed E-state index contributed by atoms with van der Waals surface area (Å²) in [5.74, 6) is -29.6. The summed E-state index contributed by atoms with van der Waals surface area (Å²) in [4.78, 5) is 0. The molecular formula is C28H36F10. The fourth-order valence-corrected chi connectivity index (χ4v) is 6.21. The highest BCUT2D eigenvalue weighted by molar-refractivity contribution is 5.28. The number of halogens is 10. The summed E-state index contributed by atoms with van der Waals surface area (Å²) in [6.45, 7) is 3.55. The molecule has 2 unspecified atom stereocenters. The van der Waals surface area contributed by atoms with Gasteiger partial charge in [-0.1, -0.05) is 51.0 Å². The lowest BCUT2D eigenvalue weighted by atomic mass is 9.69. The zero-order valence-corrected chi connectivity index (χ0v) is 21.7. The minimum atomic E-state index is -4.77. The first kappa shape index (κ1) is 31.1. The van der Waals surface area contributed by atoms with E-state index < -0.39 is 97.4 Å². The predicted molar refractivity (Wildman–Crippen MR) is 125 cm³/mol. The first-order chi connectivity index (χ1) is 17.5. The number of aryl methyl sites for hydroxylation is 1. The molecule has 2 aliphatic carbocycles. The van der Waals surface area contributed by atoms with Gasteiger partial charge in [0, 0.05) is 35.7 Å². The second-order valence-electron chi connectivity index (χ2n) is 11.2. The van der Waals surface area contributed by atoms with Gasteiger partial charge in [0.25, 0.3) is 5.92 Å². The first-order valence-electron chi connectivity index (χ1n) is 13.5. The lowest BCUT2D eigenvalue weighted by molar-refractivity contribution is -0.288. The van der Waals surface area contributed by atoms with Crippen molar-refractivity contribution >= 4 is 0 Å². The van der Waals surface area contributed by atoms with E-state index in [9.17, 15) is 26.3 Å². The van der Waals surface area contributed by atoms with E-state index in [-0.39, 0.29) is 12.8 Å². The fraction of sp³-hybridized carbons (Fsp3) is 0.786. The van der Waals surface area contributed by atoms with Crippen molar-refractivity contribution in [2.24, 2.45) is 23.7 Å². The van der Waals surface area contributed by atoms with Crippen LogP contribution in [0.1, 0.15) is 89.2 Å². The average molecular weight is 563 g/mol. The summed E-state index contributed by atoms with van der Waals surface area (Å²) in [5.41, 5.74) is -0.198. The van der Waals surface area contributed by atoms with Crippen molar-refractivity contribution < 1.29 is 43.9 Å². The molecule has 0 heterocycles. The maximum absolute atomic E-state index is 15.1. The quantitative estimate of drug-likeness (QED) is 0.249. The highest BCUT2D eigenvalue weighted by atomic mass is 19.3. The summed E-state index contributed by atoms with van der Waals surface area (Å²) in [6, 6.07) is 4.51. The van der Waals surface area contributed by atoms with E-state index in [1.165, 1.54) is 12.1 Å². The Kier molecular flexibility index (Phi) is 9.14. The van der Waals surface area contributed by atoms with E-state index in [2.05, 4.69) is 0 Å². The van der Waals surface area contributed by atoms with E-state index >= 15 is 17.6 Å². The summed E-state index contributed by atoms with van der Waals surface area (Å²) in [7, 11) is 0. The van der Waals surface area contributed by atoms with Crippen molar-refractivity contribution in [2.45, 2.75) is 114 Å². The van der Waals surface area contributed by atoms with E-state index in [1.807, 2.05) is 6.92 Å². The molecule has 1 aromatic rings. The zero-order chi connectivity index (χ0) is 28.6. The summed E-state index contributed by atoms with van der Waals surface area (Å²) < 4.78 is 149. The van der Waals surface area contributed by atoms with Gasteiger partial charge in [0.15, 0.2) is 0 Å². The summed E-state index contributed by atoms with van der Waals surface area (Å²) >= 11 is 0. The lowest BCUT2D eigenvalue weighted by Crippen LogP contribution is -2.55. The Bertz CT molecular complexity index is 901. The minimum Gasteiger partial charge on any atom is -0.207 e. The third-order valence-corrected chi connectivity index (χ3v) is 8.60. The molecule has 2 saturated carbocycles. The molecule has 10 heteroatoms. The molecule has 0 radical (unpaired) electrons. The average Bonchev–Trinajstić information content (AvgIpc) is 2.85. The van der Waals surface area contributed by atoms with Crippen LogP contribution < -0.4 is 0 Å². The minimum absolute atomic E-state index is 0.105. The molecule has 0 spiro atoms. The molecule has 1 aromatic carbocycles. The molecular weight excluding hydrogens is 526 g/mol. The number of benzene rings is 1. The van der Waals surface area contributed by atoms with Crippen LogP contribution in [0, 0.1) is 23.7 Å². The van der Waals surface area contributed by atoms with Gasteiger partial charge in [-0.15, -0.1) is 0 Å². The second-order valence-corrected chi connectivity index (χ2v) is 11.2. The van der Waals surface area contributed by atoms with Crippen LogP contribution in [0.15, 0.2) is 24.3 Å². The molecule has 2 aliphatic rings. The molecule has 0 saturated heterocycles. The highest BCUT2D eigenvalue weighted by Crippen LogP contribution is 2.58. The zero-order valence-electron chi connectivity index (χ0n) is 21.7. The molecule has 38 heavy (non-hydrogen) atoms. The number of alkyl halides is 10. The maximum atomic E-state index is 15.1. The monoisotopic (exact) mass is 562 g/mol. The Morgan fingerprint density at radius 1 is 0.658 bits per heavy atom. The SMILES string of the molecule is CCCc1ccc(C(F)(F)C(F)(F)C2CCC(C(F)(F)C(F)(F)C3CCC(CCC)C(F)(F)C3)CC2)cc1. The van der Waals surface area contributed by atoms with Gasteiger partial charge in [-0.3, -0.25) is 0 Å². The van der Waals surface area contributed by atoms with Gasteiger partial charge < -0.3 is 0 Å². The van der Waals surface area contributed by atoms with Gasteiger partial charge in [0.1, 0.15) is 0 Å². The molecule has 0 nitrogen and oxygen atoms in total. The second kappa shape index (κ2) is 11.2. The molecule has 0 amide bonds. The highest BCUT2D eigenvalue weighted by Gasteiger charge is 2.68. The van der Waals surface area contributed by atoms with Gasteiger partial charge >= 0.3 is 23.7 Å². The van der Waals surface area contributed by atoms with Crippen molar-refractivity contribution in [3.05, 3.63) is 35.4 Å². The van der Waals surface area contributed by atoms with Crippen LogP contribution in [0.5, 0.6) is 0 Å². The molecule has 2 fully saturated rings. The number of hydrogen-bond acceptors (Lipinski definition) is 0. The van der Waals surface area contributed by atoms with E-state index in [4.69, 9.17) is 0 Å². The lowest BCUT2D eigenvalue weighted by Gasteiger charge is -2.45. The standard InChI is InChI=1S/C28H36F10/c1-3-5-18-7-9-20(10-8-18)25(31,32)26(33,34)21-12-14-22(15-13-21)27(35,36)28(37,38)23-16-11-19(6-4-2)24(29,30)17-23/h7-10,19,21-23H,3-6,11-17H2,1-2H3. The Morgan fingerprint density at radius 2 is 1.13 bits per heavy atom. The Labute approximate surface area is 217 Å². The summed E-state index contributed by atoms with van der Waals surface area (Å²) in [6.07, 6.45) is -3.56. The van der Waals surface area contributed by atoms with Gasteiger partial charge in [0.2, 0.25) is 0 Å². The molecule has 0 aliphatic heterocycles. The van der Waals surface area contributed by atoms with Crippen LogP contribution in [0.2, 0.25) is 0 Å². The molecule has 2 atom stereocenters. The van der Waals surface area contributed by atoms with Crippen LogP contribution in [-0.4, -0.2) is 23.7 Å². The van der Waals surface area contributed by atoms with Crippen LogP contribution in [0.4, 0.5) is 43.9 Å². The topological polar surface area (TPSA) is 0 Å².